The smallest absolute Gasteiger partial charge is 0.455 e. The van der Waals surface area contributed by atoms with Gasteiger partial charge in [-0.3, -0.25) is 0 Å². The molecule has 1 aromatic heterocycles. The zero-order chi connectivity index (χ0) is 20.6. The first kappa shape index (κ1) is 7.73. The first-order valence-electron chi connectivity index (χ1n) is 9.63. The number of ether oxygens (including phenoxy) is 2. The second-order valence-corrected chi connectivity index (χ2v) is 5.47. The molecule has 0 atom stereocenters. The summed E-state index contributed by atoms with van der Waals surface area (Å²) in [5.41, 5.74) is -1.45. The number of hydrogen-bond acceptors (Lipinski definition) is 6. The fraction of sp³-hybridized carbons (Fsp3) is 0.692. The van der Waals surface area contributed by atoms with Crippen LogP contribution < -0.4 is 10.2 Å². The third-order valence-corrected chi connectivity index (χ3v) is 3.51. The van der Waals surface area contributed by atoms with Crippen molar-refractivity contribution in [2.24, 2.45) is 0 Å². The summed E-state index contributed by atoms with van der Waals surface area (Å²) in [6.07, 6.45) is -3.72. The molecule has 0 unspecified atom stereocenters. The van der Waals surface area contributed by atoms with E-state index in [0.29, 0.717) is 0 Å². The highest BCUT2D eigenvalue weighted by molar-refractivity contribution is 6.61. The highest BCUT2D eigenvalue weighted by Crippen LogP contribution is 2.36. The van der Waals surface area contributed by atoms with Crippen LogP contribution in [0.1, 0.15) is 37.3 Å². The number of hydrogen-bond donors (Lipinski definition) is 0. The van der Waals surface area contributed by atoms with E-state index in [1.165, 1.54) is 0 Å². The van der Waals surface area contributed by atoms with Crippen molar-refractivity contribution in [2.75, 3.05) is 13.1 Å². The Kier molecular flexibility index (Phi) is 1.81. The van der Waals surface area contributed by atoms with Crippen molar-refractivity contribution in [1.82, 2.24) is 9.97 Å². The molecule has 0 radical (unpaired) electrons. The van der Waals surface area contributed by atoms with Crippen LogP contribution in [0.15, 0.2) is 12.3 Å². The Bertz CT molecular complexity index is 739. The summed E-state index contributed by atoms with van der Waals surface area (Å²) in [6, 6.07) is -0.684. The van der Waals surface area contributed by atoms with Gasteiger partial charge >= 0.3 is 13.1 Å². The summed E-state index contributed by atoms with van der Waals surface area (Å²) in [6.45, 7) is 1.72. The van der Waals surface area contributed by atoms with E-state index in [1.807, 2.05) is 27.7 Å². The molecule has 2 fully saturated rings. The molecule has 7 heteroatoms. The molecule has 0 bridgehead atoms. The quantitative estimate of drug-likeness (QED) is 0.756. The standard InChI is InChI=1S/C13H19BN2O4/c1-12(2)13(3,4)20-14(19-12)9-5-15-11(16-6-9)18-10-7-17-8-10/h5-6,10H,7-8H2,1-4H3/i5D,6D,7D2,8D2,10D. The van der Waals surface area contributed by atoms with Gasteiger partial charge in [0.2, 0.25) is 0 Å². The molecule has 0 saturated carbocycles. The SMILES string of the molecule is [2H]c1nc(OC2([2H])C([2H])([2H])OC2([2H])[2H])nc([2H])c1B1OC(C)(C)C(C)(C)O1. The maximum absolute atomic E-state index is 8.07. The van der Waals surface area contributed by atoms with Crippen molar-refractivity contribution in [3.8, 4) is 6.01 Å². The monoisotopic (exact) mass is 285 g/mol. The van der Waals surface area contributed by atoms with Crippen molar-refractivity contribution < 1.29 is 28.4 Å². The first-order valence-corrected chi connectivity index (χ1v) is 6.13. The van der Waals surface area contributed by atoms with Crippen LogP contribution in [0.3, 0.4) is 0 Å². The molecule has 0 aromatic carbocycles. The largest absolute Gasteiger partial charge is 0.498 e. The Morgan fingerprint density at radius 1 is 1.30 bits per heavy atom. The minimum absolute atomic E-state index is 0.0455. The van der Waals surface area contributed by atoms with Crippen molar-refractivity contribution in [1.29, 1.82) is 0 Å². The predicted molar refractivity (Wildman–Crippen MR) is 73.0 cm³/mol. The third-order valence-electron chi connectivity index (χ3n) is 3.51. The first-order chi connectivity index (χ1) is 12.0. The topological polar surface area (TPSA) is 62.7 Å². The molecule has 20 heavy (non-hydrogen) atoms. The Balaban J connectivity index is 1.91. The van der Waals surface area contributed by atoms with Crippen molar-refractivity contribution >= 4 is 12.6 Å². The molecular formula is C13H19BN2O4. The van der Waals surface area contributed by atoms with Crippen LogP contribution in [0.25, 0.3) is 0 Å². The van der Waals surface area contributed by atoms with Gasteiger partial charge in [0.1, 0.15) is 6.08 Å². The summed E-state index contributed by atoms with van der Waals surface area (Å²) >= 11 is 0. The third kappa shape index (κ3) is 2.41. The van der Waals surface area contributed by atoms with Gasteiger partial charge in [-0.25, -0.2) is 9.97 Å². The molecule has 2 aliphatic rings. The van der Waals surface area contributed by atoms with Gasteiger partial charge in [-0.1, -0.05) is 0 Å². The number of aromatic nitrogens is 2. The fourth-order valence-corrected chi connectivity index (χ4v) is 1.60. The molecular weight excluding hydrogens is 259 g/mol. The van der Waals surface area contributed by atoms with E-state index in [9.17, 15) is 0 Å². The van der Waals surface area contributed by atoms with Gasteiger partial charge in [-0.05, 0) is 27.7 Å². The van der Waals surface area contributed by atoms with Gasteiger partial charge in [0, 0.05) is 17.8 Å². The molecule has 2 aliphatic heterocycles. The number of nitrogens with zero attached hydrogens (tertiary/aromatic N) is 2. The van der Waals surface area contributed by atoms with Crippen LogP contribution in [-0.2, 0) is 14.0 Å². The lowest BCUT2D eigenvalue weighted by atomic mass is 9.81. The summed E-state index contributed by atoms with van der Waals surface area (Å²) in [5.74, 6) is 0. The van der Waals surface area contributed by atoms with Crippen LogP contribution in [0.4, 0.5) is 0 Å². The molecule has 0 spiro atoms. The number of rotatable bonds is 3. The summed E-state index contributed by atoms with van der Waals surface area (Å²) in [4.78, 5) is 7.43. The summed E-state index contributed by atoms with van der Waals surface area (Å²) < 4.78 is 75.0. The lowest BCUT2D eigenvalue weighted by Crippen LogP contribution is -2.41. The average molecular weight is 285 g/mol. The van der Waals surface area contributed by atoms with Crippen molar-refractivity contribution in [3.63, 3.8) is 0 Å². The Morgan fingerprint density at radius 2 is 1.85 bits per heavy atom. The predicted octanol–water partition coefficient (Wildman–Crippen LogP) is 0.553. The molecule has 108 valence electrons. The van der Waals surface area contributed by atoms with E-state index in [-0.39, 0.29) is 5.46 Å². The van der Waals surface area contributed by atoms with E-state index in [1.54, 1.807) is 0 Å². The average Bonchev–Trinajstić information content (AvgIpc) is 2.64. The van der Waals surface area contributed by atoms with Crippen LogP contribution in [0.5, 0.6) is 6.01 Å². The summed E-state index contributed by atoms with van der Waals surface area (Å²) in [7, 11) is -1.06. The lowest BCUT2D eigenvalue weighted by molar-refractivity contribution is -0.0831. The molecule has 3 rings (SSSR count). The van der Waals surface area contributed by atoms with Crippen LogP contribution >= 0.6 is 0 Å². The Labute approximate surface area is 128 Å². The zero-order valence-corrected chi connectivity index (χ0v) is 11.6. The van der Waals surface area contributed by atoms with Gasteiger partial charge < -0.3 is 18.8 Å². The maximum atomic E-state index is 8.07. The van der Waals surface area contributed by atoms with Crippen LogP contribution in [0.2, 0.25) is 0 Å². The maximum Gasteiger partial charge on any atom is 0.498 e. The summed E-state index contributed by atoms with van der Waals surface area (Å²) in [5, 5.41) is 0. The molecule has 3 heterocycles. The molecule has 1 aromatic rings. The molecule has 0 aliphatic carbocycles. The van der Waals surface area contributed by atoms with Crippen LogP contribution in [0, 0.1) is 0 Å². The van der Waals surface area contributed by atoms with Gasteiger partial charge in [0.15, 0.2) is 0 Å². The minimum Gasteiger partial charge on any atom is -0.455 e. The Morgan fingerprint density at radius 3 is 2.35 bits per heavy atom. The molecule has 6 nitrogen and oxygen atoms in total. The second-order valence-electron chi connectivity index (χ2n) is 5.47. The zero-order valence-electron chi connectivity index (χ0n) is 18.6. The molecule has 2 saturated heterocycles. The van der Waals surface area contributed by atoms with Gasteiger partial charge in [-0.15, -0.1) is 0 Å². The fourth-order valence-electron chi connectivity index (χ4n) is 1.60. The van der Waals surface area contributed by atoms with Gasteiger partial charge in [0.05, 0.1) is 33.9 Å². The second kappa shape index (κ2) is 4.68. The van der Waals surface area contributed by atoms with E-state index in [2.05, 4.69) is 14.7 Å². The normalized spacial score (nSPS) is 36.2. The Hall–Kier alpha value is -1.18. The lowest BCUT2D eigenvalue weighted by Gasteiger charge is -2.32. The van der Waals surface area contributed by atoms with Gasteiger partial charge in [0.25, 0.3) is 0 Å². The highest BCUT2D eigenvalue weighted by atomic mass is 16.7. The minimum atomic E-state index is -2.79. The highest BCUT2D eigenvalue weighted by Gasteiger charge is 2.51. The molecule has 0 amide bonds. The van der Waals surface area contributed by atoms with Gasteiger partial charge in [-0.2, -0.15) is 0 Å². The van der Waals surface area contributed by atoms with E-state index < -0.39 is 55.9 Å². The van der Waals surface area contributed by atoms with Crippen molar-refractivity contribution in [3.05, 3.63) is 12.3 Å². The van der Waals surface area contributed by atoms with E-state index in [4.69, 9.17) is 23.6 Å². The van der Waals surface area contributed by atoms with E-state index in [0.717, 1.165) is 0 Å². The van der Waals surface area contributed by atoms with Crippen molar-refractivity contribution in [2.45, 2.75) is 45.0 Å². The van der Waals surface area contributed by atoms with Crippen LogP contribution in [-0.4, -0.2) is 47.5 Å². The van der Waals surface area contributed by atoms with E-state index >= 15 is 0 Å². The molecule has 0 N–H and O–H groups in total.